The van der Waals surface area contributed by atoms with Gasteiger partial charge in [0.1, 0.15) is 0 Å². The van der Waals surface area contributed by atoms with Crippen molar-refractivity contribution in [2.24, 2.45) is 9.98 Å². The summed E-state index contributed by atoms with van der Waals surface area (Å²) in [4.78, 5) is 35.6. The van der Waals surface area contributed by atoms with Crippen molar-refractivity contribution in [1.29, 1.82) is 0 Å². The Morgan fingerprint density at radius 3 is 1.10 bits per heavy atom. The first-order valence-corrected chi connectivity index (χ1v) is 33.4. The third-order valence-corrected chi connectivity index (χ3v) is 7.45. The molecule has 0 amide bonds. The van der Waals surface area contributed by atoms with E-state index in [0.29, 0.717) is 11.4 Å². The molecule has 0 aliphatic carbocycles. The van der Waals surface area contributed by atoms with Gasteiger partial charge >= 0.3 is 49.5 Å². The van der Waals surface area contributed by atoms with E-state index in [-0.39, 0.29) is 0 Å². The van der Waals surface area contributed by atoms with E-state index in [9.17, 15) is 9.59 Å². The van der Waals surface area contributed by atoms with Gasteiger partial charge in [-0.2, -0.15) is 0 Å². The van der Waals surface area contributed by atoms with Crippen molar-refractivity contribution < 1.29 is 24.8 Å². The summed E-state index contributed by atoms with van der Waals surface area (Å²) in [6.45, 7) is 0. The fraction of sp³-hybridized carbons (Fsp3) is 0.100. The topological polar surface area (TPSA) is 65.3 Å². The molecule has 0 spiro atoms. The fourth-order valence-corrected chi connectivity index (χ4v) is 4.87. The zero-order valence-corrected chi connectivity index (χ0v) is 34.9. The normalized spacial score (nSPS) is 11.5. The molecule has 260 valence electrons. The molecule has 6 rings (SSSR count). The average Bonchev–Trinajstić information content (AvgIpc) is 3.12. The molecule has 0 fully saturated rings. The Morgan fingerprint density at radius 2 is 0.804 bits per heavy atom. The van der Waals surface area contributed by atoms with Crippen LogP contribution in [0.1, 0.15) is 11.1 Å². The molecule has 0 unspecified atom stereocenters. The zero-order chi connectivity index (χ0) is 37.0. The summed E-state index contributed by atoms with van der Waals surface area (Å²) in [7, 11) is 28.1. The first kappa shape index (κ1) is 39.9. The first-order valence-electron chi connectivity index (χ1n) is 15.6. The predicted molar refractivity (Wildman–Crippen MR) is 217 cm³/mol. The number of fused-ring (bicyclic) bond motifs is 2. The van der Waals surface area contributed by atoms with Crippen LogP contribution in [0, 0.1) is 0 Å². The van der Waals surface area contributed by atoms with Crippen LogP contribution in [0.3, 0.4) is 0 Å². The van der Waals surface area contributed by atoms with Gasteiger partial charge in [-0.25, -0.2) is 0 Å². The van der Waals surface area contributed by atoms with Crippen LogP contribution >= 0.6 is 34.3 Å². The van der Waals surface area contributed by atoms with Gasteiger partial charge in [0.2, 0.25) is 0 Å². The molecule has 11 heteroatoms. The number of carbonyl (C=O) groups excluding carboxylic acids is 2. The summed E-state index contributed by atoms with van der Waals surface area (Å²) < 4.78 is 0. The standard InChI is InChI=1S/2C20H17N2O.4ClH.Hf/c2*1-22(2)19-11-9-18(10-12-19)21-20(14-23)17-8-7-15-5-3-4-6-16(15)13-17;;;;;/h2*3-13H,1-2H3;4*1H;/q2*-1;;;;;+4/p-4. The number of halogens is 4. The Hall–Kier alpha value is -3.85. The molecule has 0 atom stereocenters. The summed E-state index contributed by atoms with van der Waals surface area (Å²) in [5.41, 5.74) is 5.83. The van der Waals surface area contributed by atoms with Crippen LogP contribution in [-0.2, 0) is 24.8 Å². The second-order valence-corrected chi connectivity index (χ2v) is 42.6. The third kappa shape index (κ3) is 12.7. The fourth-order valence-electron chi connectivity index (χ4n) is 4.87. The monoisotopic (exact) mass is 922 g/mol. The number of hydrogen-bond acceptors (Lipinski definition) is 6. The molecule has 6 nitrogen and oxygen atoms in total. The van der Waals surface area contributed by atoms with Gasteiger partial charge in [-0.1, -0.05) is 72.1 Å². The molecule has 0 aliphatic heterocycles. The van der Waals surface area contributed by atoms with E-state index in [1.165, 1.54) is 0 Å². The van der Waals surface area contributed by atoms with Gasteiger partial charge in [-0.05, 0) is 70.1 Å². The van der Waals surface area contributed by atoms with Crippen molar-refractivity contribution in [2.45, 2.75) is 0 Å². The van der Waals surface area contributed by atoms with Crippen molar-refractivity contribution in [3.8, 4) is 0 Å². The number of anilines is 2. The zero-order valence-electron chi connectivity index (χ0n) is 28.3. The number of aliphatic imine (C=N–C) groups is 2. The molecule has 0 N–H and O–H groups in total. The van der Waals surface area contributed by atoms with E-state index in [0.717, 1.165) is 55.4 Å². The van der Waals surface area contributed by atoms with Crippen LogP contribution in [0.15, 0.2) is 143 Å². The quantitative estimate of drug-likeness (QED) is 0.0867. The molecule has 0 radical (unpaired) electrons. The maximum absolute atomic E-state index is 11.4. The van der Waals surface area contributed by atoms with Gasteiger partial charge in [-0.15, -0.1) is 35.4 Å². The number of benzene rings is 6. The average molecular weight is 923 g/mol. The summed E-state index contributed by atoms with van der Waals surface area (Å²) in [6, 6.07) is 43.3. The van der Waals surface area contributed by atoms with Crippen molar-refractivity contribution in [1.82, 2.24) is 0 Å². The molecule has 0 bridgehead atoms. The van der Waals surface area contributed by atoms with Crippen LogP contribution in [-0.4, -0.2) is 52.2 Å². The van der Waals surface area contributed by atoms with Crippen LogP contribution in [0.5, 0.6) is 0 Å². The van der Waals surface area contributed by atoms with Gasteiger partial charge in [0.25, 0.3) is 0 Å². The SMILES string of the molecule is CN(C)c1ccc(N=C([C-]=O)c2ccc3ccccc3c2)cc1.CN(C)c1ccc(N=C([C-]=O)c2ccc3ccccc3c2)cc1.[Cl][Hf]([Cl])([Cl])[Cl]. The van der Waals surface area contributed by atoms with Crippen LogP contribution in [0.25, 0.3) is 21.5 Å². The Labute approximate surface area is 317 Å². The molecular formula is C40H34Cl4HfN4O2-2. The maximum atomic E-state index is 11.4. The van der Waals surface area contributed by atoms with E-state index in [2.05, 4.69) is 9.98 Å². The molecule has 0 saturated carbocycles. The molecular weight excluding hydrogens is 889 g/mol. The van der Waals surface area contributed by atoms with Gasteiger partial charge in [-0.3, -0.25) is 9.98 Å². The molecule has 0 aliphatic rings. The van der Waals surface area contributed by atoms with Crippen molar-refractivity contribution >= 4 is 103 Å². The van der Waals surface area contributed by atoms with Crippen LogP contribution in [0.2, 0.25) is 0 Å². The Bertz CT molecular complexity index is 1990. The van der Waals surface area contributed by atoms with E-state index < -0.39 is 15.2 Å². The minimum atomic E-state index is -3.39. The second kappa shape index (κ2) is 19.1. The third-order valence-electron chi connectivity index (χ3n) is 7.45. The number of nitrogens with zero attached hydrogens (tertiary/aromatic N) is 4. The van der Waals surface area contributed by atoms with Gasteiger partial charge < -0.3 is 19.4 Å². The molecule has 51 heavy (non-hydrogen) atoms. The molecule has 0 saturated heterocycles. The number of hydrogen-bond donors (Lipinski definition) is 0. The molecule has 0 heterocycles. The van der Waals surface area contributed by atoms with Gasteiger partial charge in [0, 0.05) is 52.1 Å². The van der Waals surface area contributed by atoms with Crippen LogP contribution in [0.4, 0.5) is 22.7 Å². The Kier molecular flexibility index (Phi) is 15.0. The molecule has 0 aromatic heterocycles. The van der Waals surface area contributed by atoms with Crippen LogP contribution < -0.4 is 9.80 Å². The number of rotatable bonds is 8. The Morgan fingerprint density at radius 1 is 0.490 bits per heavy atom. The summed E-state index contributed by atoms with van der Waals surface area (Å²) in [6.07, 6.45) is 3.92. The Balaban J connectivity index is 0.000000202. The molecule has 6 aromatic rings. The van der Waals surface area contributed by atoms with Gasteiger partial charge in [0.15, 0.2) is 0 Å². The van der Waals surface area contributed by atoms with E-state index in [4.69, 9.17) is 34.3 Å². The second-order valence-electron chi connectivity index (χ2n) is 11.5. The van der Waals surface area contributed by atoms with Crippen molar-refractivity contribution in [2.75, 3.05) is 38.0 Å². The predicted octanol–water partition coefficient (Wildman–Crippen LogP) is 11.0. The minimum absolute atomic E-state index is 0.313. The summed E-state index contributed by atoms with van der Waals surface area (Å²) >= 11 is -3.39. The van der Waals surface area contributed by atoms with E-state index in [1.807, 2.05) is 184 Å². The van der Waals surface area contributed by atoms with Crippen molar-refractivity contribution in [3.63, 3.8) is 0 Å². The molecule has 6 aromatic carbocycles. The van der Waals surface area contributed by atoms with E-state index in [1.54, 1.807) is 0 Å². The summed E-state index contributed by atoms with van der Waals surface area (Å²) in [5.74, 6) is 0. The van der Waals surface area contributed by atoms with Gasteiger partial charge in [0.05, 0.1) is 11.4 Å². The first-order chi connectivity index (χ1) is 24.3. The van der Waals surface area contributed by atoms with Crippen molar-refractivity contribution in [3.05, 3.63) is 145 Å². The van der Waals surface area contributed by atoms with E-state index >= 15 is 0 Å². The summed E-state index contributed by atoms with van der Waals surface area (Å²) in [5, 5.41) is 4.43.